The molecule has 108 valence electrons. The van der Waals surface area contributed by atoms with Crippen molar-refractivity contribution < 1.29 is 0 Å². The Hall–Kier alpha value is -2.21. The van der Waals surface area contributed by atoms with Gasteiger partial charge >= 0.3 is 0 Å². The van der Waals surface area contributed by atoms with Crippen LogP contribution in [0.3, 0.4) is 0 Å². The van der Waals surface area contributed by atoms with Crippen LogP contribution in [0.1, 0.15) is 5.69 Å². The standard InChI is InChI=1S/C15H17N5S/c16-14(21)13-15(18-7-6-17-13)20-10-8-19(9-11-20)12-4-2-1-3-5-12/h1-7H,8-11H2,(H2,16,21). The molecule has 1 saturated heterocycles. The van der Waals surface area contributed by atoms with E-state index in [1.54, 1.807) is 12.4 Å². The topological polar surface area (TPSA) is 58.3 Å². The minimum absolute atomic E-state index is 0.295. The number of aromatic nitrogens is 2. The fraction of sp³-hybridized carbons (Fsp3) is 0.267. The van der Waals surface area contributed by atoms with E-state index in [0.717, 1.165) is 32.0 Å². The summed E-state index contributed by atoms with van der Waals surface area (Å²) in [6.07, 6.45) is 3.30. The molecule has 0 atom stereocenters. The summed E-state index contributed by atoms with van der Waals surface area (Å²) in [7, 11) is 0. The van der Waals surface area contributed by atoms with E-state index in [4.69, 9.17) is 18.0 Å². The summed E-state index contributed by atoms with van der Waals surface area (Å²) in [5.74, 6) is 0.790. The summed E-state index contributed by atoms with van der Waals surface area (Å²) in [4.78, 5) is 13.5. The Morgan fingerprint density at radius 1 is 0.952 bits per heavy atom. The van der Waals surface area contributed by atoms with Crippen molar-refractivity contribution in [2.45, 2.75) is 0 Å². The van der Waals surface area contributed by atoms with Gasteiger partial charge in [-0.25, -0.2) is 9.97 Å². The van der Waals surface area contributed by atoms with Crippen molar-refractivity contribution >= 4 is 28.7 Å². The van der Waals surface area contributed by atoms with Gasteiger partial charge in [-0.15, -0.1) is 0 Å². The third-order valence-corrected chi connectivity index (χ3v) is 3.81. The van der Waals surface area contributed by atoms with Gasteiger partial charge in [-0.2, -0.15) is 0 Å². The van der Waals surface area contributed by atoms with Gasteiger partial charge in [0.25, 0.3) is 0 Å². The molecule has 0 saturated carbocycles. The molecule has 6 heteroatoms. The lowest BCUT2D eigenvalue weighted by atomic mass is 10.2. The van der Waals surface area contributed by atoms with E-state index in [1.165, 1.54) is 5.69 Å². The van der Waals surface area contributed by atoms with Gasteiger partial charge in [-0.05, 0) is 12.1 Å². The number of piperazine rings is 1. The Morgan fingerprint density at radius 3 is 2.24 bits per heavy atom. The smallest absolute Gasteiger partial charge is 0.157 e. The molecule has 5 nitrogen and oxygen atoms in total. The number of rotatable bonds is 3. The predicted molar refractivity (Wildman–Crippen MR) is 88.8 cm³/mol. The third kappa shape index (κ3) is 2.95. The number of anilines is 2. The zero-order chi connectivity index (χ0) is 14.7. The average molecular weight is 299 g/mol. The highest BCUT2D eigenvalue weighted by atomic mass is 32.1. The summed E-state index contributed by atoms with van der Waals surface area (Å²) in [5.41, 5.74) is 7.60. The van der Waals surface area contributed by atoms with Crippen LogP contribution in [0.4, 0.5) is 11.5 Å². The SMILES string of the molecule is NC(=S)c1nccnc1N1CCN(c2ccccc2)CC1. The lowest BCUT2D eigenvalue weighted by Crippen LogP contribution is -2.47. The minimum atomic E-state index is 0.295. The van der Waals surface area contributed by atoms with Gasteiger partial charge in [-0.1, -0.05) is 30.4 Å². The van der Waals surface area contributed by atoms with Crippen molar-refractivity contribution in [2.24, 2.45) is 5.73 Å². The predicted octanol–water partition coefficient (Wildman–Crippen LogP) is 1.44. The zero-order valence-electron chi connectivity index (χ0n) is 11.6. The first-order valence-corrected chi connectivity index (χ1v) is 7.32. The summed E-state index contributed by atoms with van der Waals surface area (Å²) < 4.78 is 0. The van der Waals surface area contributed by atoms with Gasteiger partial charge in [0.05, 0.1) is 0 Å². The van der Waals surface area contributed by atoms with Crippen LogP contribution >= 0.6 is 12.2 Å². The summed E-state index contributed by atoms with van der Waals surface area (Å²) in [6, 6.07) is 10.4. The van der Waals surface area contributed by atoms with Crippen LogP contribution in [0.15, 0.2) is 42.7 Å². The average Bonchev–Trinajstić information content (AvgIpc) is 2.56. The molecule has 3 rings (SSSR count). The molecule has 2 N–H and O–H groups in total. The molecule has 0 unspecified atom stereocenters. The molecular formula is C15H17N5S. The van der Waals surface area contributed by atoms with E-state index in [2.05, 4.69) is 44.0 Å². The van der Waals surface area contributed by atoms with Crippen LogP contribution in [0.5, 0.6) is 0 Å². The van der Waals surface area contributed by atoms with E-state index in [-0.39, 0.29) is 0 Å². The molecule has 2 aromatic rings. The molecule has 0 amide bonds. The number of nitrogens with zero attached hydrogens (tertiary/aromatic N) is 4. The van der Waals surface area contributed by atoms with Gasteiger partial charge in [0.2, 0.25) is 0 Å². The second-order valence-corrected chi connectivity index (χ2v) is 5.34. The number of thiocarbonyl (C=S) groups is 1. The molecular weight excluding hydrogens is 282 g/mol. The maximum absolute atomic E-state index is 5.73. The van der Waals surface area contributed by atoms with Crippen molar-refractivity contribution in [1.29, 1.82) is 0 Å². The first-order valence-electron chi connectivity index (χ1n) is 6.91. The van der Waals surface area contributed by atoms with Crippen molar-refractivity contribution in [1.82, 2.24) is 9.97 Å². The lowest BCUT2D eigenvalue weighted by molar-refractivity contribution is 0.646. The van der Waals surface area contributed by atoms with Gasteiger partial charge < -0.3 is 15.5 Å². The van der Waals surface area contributed by atoms with Gasteiger partial charge in [-0.3, -0.25) is 0 Å². The zero-order valence-corrected chi connectivity index (χ0v) is 12.5. The first-order chi connectivity index (χ1) is 10.3. The van der Waals surface area contributed by atoms with E-state index in [0.29, 0.717) is 10.7 Å². The van der Waals surface area contributed by atoms with Crippen molar-refractivity contribution in [2.75, 3.05) is 36.0 Å². The molecule has 21 heavy (non-hydrogen) atoms. The Labute approximate surface area is 129 Å². The first kappa shape index (κ1) is 13.8. The molecule has 0 bridgehead atoms. The second-order valence-electron chi connectivity index (χ2n) is 4.90. The Kier molecular flexibility index (Phi) is 3.96. The highest BCUT2D eigenvalue weighted by Gasteiger charge is 2.21. The highest BCUT2D eigenvalue weighted by Crippen LogP contribution is 2.20. The van der Waals surface area contributed by atoms with E-state index in [9.17, 15) is 0 Å². The van der Waals surface area contributed by atoms with Crippen molar-refractivity contribution in [3.8, 4) is 0 Å². The summed E-state index contributed by atoms with van der Waals surface area (Å²) in [6.45, 7) is 3.64. The molecule has 1 aromatic carbocycles. The Bertz CT molecular complexity index is 623. The Morgan fingerprint density at radius 2 is 1.57 bits per heavy atom. The molecule has 1 fully saturated rings. The third-order valence-electron chi connectivity index (χ3n) is 3.61. The van der Waals surface area contributed by atoms with Gasteiger partial charge in [0.1, 0.15) is 10.7 Å². The molecule has 0 aliphatic carbocycles. The fourth-order valence-electron chi connectivity index (χ4n) is 2.55. The summed E-state index contributed by atoms with van der Waals surface area (Å²) >= 11 is 5.06. The van der Waals surface area contributed by atoms with Crippen LogP contribution < -0.4 is 15.5 Å². The Balaban J connectivity index is 1.73. The van der Waals surface area contributed by atoms with Gasteiger partial charge in [0.15, 0.2) is 5.82 Å². The number of hydrogen-bond donors (Lipinski definition) is 1. The van der Waals surface area contributed by atoms with Crippen molar-refractivity contribution in [3.05, 3.63) is 48.4 Å². The molecule has 2 heterocycles. The van der Waals surface area contributed by atoms with Crippen LogP contribution in [0.25, 0.3) is 0 Å². The number of hydrogen-bond acceptors (Lipinski definition) is 5. The molecule has 1 aliphatic rings. The van der Waals surface area contributed by atoms with Crippen LogP contribution in [0, 0.1) is 0 Å². The van der Waals surface area contributed by atoms with Crippen LogP contribution in [-0.4, -0.2) is 41.1 Å². The van der Waals surface area contributed by atoms with Gasteiger partial charge in [0, 0.05) is 44.3 Å². The number of benzene rings is 1. The maximum atomic E-state index is 5.73. The minimum Gasteiger partial charge on any atom is -0.388 e. The number of nitrogens with two attached hydrogens (primary N) is 1. The molecule has 0 radical (unpaired) electrons. The lowest BCUT2D eigenvalue weighted by Gasteiger charge is -2.37. The maximum Gasteiger partial charge on any atom is 0.157 e. The second kappa shape index (κ2) is 6.05. The van der Waals surface area contributed by atoms with E-state index >= 15 is 0 Å². The molecule has 0 spiro atoms. The van der Waals surface area contributed by atoms with Crippen LogP contribution in [0.2, 0.25) is 0 Å². The largest absolute Gasteiger partial charge is 0.388 e. The quantitative estimate of drug-likeness (QED) is 0.866. The van der Waals surface area contributed by atoms with Crippen LogP contribution in [-0.2, 0) is 0 Å². The number of para-hydroxylation sites is 1. The van der Waals surface area contributed by atoms with Crippen molar-refractivity contribution in [3.63, 3.8) is 0 Å². The molecule has 1 aromatic heterocycles. The molecule has 1 aliphatic heterocycles. The fourth-order valence-corrected chi connectivity index (χ4v) is 2.70. The highest BCUT2D eigenvalue weighted by molar-refractivity contribution is 7.80. The monoisotopic (exact) mass is 299 g/mol. The van der Waals surface area contributed by atoms with E-state index < -0.39 is 0 Å². The van der Waals surface area contributed by atoms with E-state index in [1.807, 2.05) is 6.07 Å². The normalized spacial score (nSPS) is 15.0. The summed E-state index contributed by atoms with van der Waals surface area (Å²) in [5, 5.41) is 0.